The van der Waals surface area contributed by atoms with Gasteiger partial charge in [0.15, 0.2) is 11.5 Å². The van der Waals surface area contributed by atoms with Gasteiger partial charge in [0.1, 0.15) is 0 Å². The van der Waals surface area contributed by atoms with Crippen LogP contribution in [0.15, 0.2) is 11.1 Å². The fourth-order valence-electron chi connectivity index (χ4n) is 1.60. The first-order valence-corrected chi connectivity index (χ1v) is 4.24. The number of hydrogen-bond donors (Lipinski definition) is 2. The number of aromatic hydroxyl groups is 2. The van der Waals surface area contributed by atoms with E-state index in [4.69, 9.17) is 0 Å². The highest BCUT2D eigenvalue weighted by Gasteiger charge is 2.14. The molecule has 0 spiro atoms. The van der Waals surface area contributed by atoms with Crippen molar-refractivity contribution in [1.29, 1.82) is 0 Å². The zero-order valence-corrected chi connectivity index (χ0v) is 7.41. The lowest BCUT2D eigenvalue weighted by atomic mass is 9.97. The number of nitrogens with zero attached hydrogens (tertiary/aromatic N) is 1. The molecular weight excluding hydrogens is 166 g/mol. The summed E-state index contributed by atoms with van der Waals surface area (Å²) in [5, 5.41) is 18.8. The molecule has 0 fully saturated rings. The molecule has 1 aliphatic rings. The van der Waals surface area contributed by atoms with Crippen molar-refractivity contribution in [1.82, 2.24) is 0 Å². The predicted octanol–water partition coefficient (Wildman–Crippen LogP) is 1.38. The van der Waals surface area contributed by atoms with Gasteiger partial charge in [0, 0.05) is 23.9 Å². The maximum atomic E-state index is 9.45. The second-order valence-corrected chi connectivity index (χ2v) is 3.23. The van der Waals surface area contributed by atoms with Crippen molar-refractivity contribution in [3.63, 3.8) is 0 Å². The molecule has 0 saturated heterocycles. The van der Waals surface area contributed by atoms with Gasteiger partial charge in [0.2, 0.25) is 0 Å². The highest BCUT2D eigenvalue weighted by molar-refractivity contribution is 5.86. The minimum atomic E-state index is -0.0356. The third-order valence-electron chi connectivity index (χ3n) is 2.39. The molecule has 0 bridgehead atoms. The lowest BCUT2D eigenvalue weighted by Gasteiger charge is -2.14. The molecule has 0 saturated carbocycles. The summed E-state index contributed by atoms with van der Waals surface area (Å²) < 4.78 is 0. The van der Waals surface area contributed by atoms with E-state index in [1.54, 1.807) is 19.2 Å². The van der Waals surface area contributed by atoms with E-state index in [1.165, 1.54) is 0 Å². The SMILES string of the molecule is Cc1c(O)c(O)cc2c1C=NCC2. The Labute approximate surface area is 76.4 Å². The van der Waals surface area contributed by atoms with Gasteiger partial charge >= 0.3 is 0 Å². The molecule has 0 amide bonds. The van der Waals surface area contributed by atoms with Crippen LogP contribution in [-0.4, -0.2) is 23.0 Å². The van der Waals surface area contributed by atoms with Crippen LogP contribution >= 0.6 is 0 Å². The summed E-state index contributed by atoms with van der Waals surface area (Å²) in [6.45, 7) is 2.54. The maximum Gasteiger partial charge on any atom is 0.161 e. The van der Waals surface area contributed by atoms with E-state index in [1.807, 2.05) is 0 Å². The number of benzene rings is 1. The molecule has 3 heteroatoms. The third kappa shape index (κ3) is 1.16. The first kappa shape index (κ1) is 8.10. The van der Waals surface area contributed by atoms with Crippen molar-refractivity contribution in [2.24, 2.45) is 4.99 Å². The number of aliphatic imine (C=N–C) groups is 1. The Balaban J connectivity index is 2.69. The average molecular weight is 177 g/mol. The average Bonchev–Trinajstić information content (AvgIpc) is 2.15. The highest BCUT2D eigenvalue weighted by Crippen LogP contribution is 2.33. The Morgan fingerprint density at radius 1 is 1.38 bits per heavy atom. The Hall–Kier alpha value is -1.51. The molecule has 2 rings (SSSR count). The molecule has 13 heavy (non-hydrogen) atoms. The van der Waals surface area contributed by atoms with Crippen LogP contribution in [0.3, 0.4) is 0 Å². The minimum absolute atomic E-state index is 0.0351. The van der Waals surface area contributed by atoms with Crippen LogP contribution in [0.2, 0.25) is 0 Å². The molecule has 0 atom stereocenters. The van der Waals surface area contributed by atoms with Crippen LogP contribution in [0, 0.1) is 6.92 Å². The summed E-state index contributed by atoms with van der Waals surface area (Å²) in [5.74, 6) is -0.0707. The van der Waals surface area contributed by atoms with Crippen LogP contribution < -0.4 is 0 Å². The molecule has 1 aromatic rings. The summed E-state index contributed by atoms with van der Waals surface area (Å²) in [6.07, 6.45) is 2.59. The molecular formula is C10H11NO2. The first-order valence-electron chi connectivity index (χ1n) is 4.24. The predicted molar refractivity (Wildman–Crippen MR) is 50.7 cm³/mol. The van der Waals surface area contributed by atoms with Crippen LogP contribution in [0.25, 0.3) is 0 Å². The molecule has 1 aromatic carbocycles. The Morgan fingerprint density at radius 3 is 2.92 bits per heavy atom. The van der Waals surface area contributed by atoms with E-state index in [0.29, 0.717) is 5.56 Å². The smallest absolute Gasteiger partial charge is 0.161 e. The quantitative estimate of drug-likeness (QED) is 0.588. The molecule has 68 valence electrons. The standard InChI is InChI=1S/C10H11NO2/c1-6-8-5-11-3-2-7(8)4-9(12)10(6)13/h4-5,12-13H,2-3H2,1H3. The number of phenols is 2. The van der Waals surface area contributed by atoms with Crippen molar-refractivity contribution in [2.75, 3.05) is 6.54 Å². The number of rotatable bonds is 0. The zero-order chi connectivity index (χ0) is 9.42. The molecule has 1 aliphatic heterocycles. The summed E-state index contributed by atoms with van der Waals surface area (Å²) in [7, 11) is 0. The van der Waals surface area contributed by atoms with Gasteiger partial charge in [-0.3, -0.25) is 4.99 Å². The monoisotopic (exact) mass is 177 g/mol. The van der Waals surface area contributed by atoms with Gasteiger partial charge in [-0.1, -0.05) is 0 Å². The molecule has 1 heterocycles. The van der Waals surface area contributed by atoms with E-state index >= 15 is 0 Å². The van der Waals surface area contributed by atoms with Crippen molar-refractivity contribution < 1.29 is 10.2 Å². The van der Waals surface area contributed by atoms with Crippen LogP contribution in [0.5, 0.6) is 11.5 Å². The number of hydrogen-bond acceptors (Lipinski definition) is 3. The minimum Gasteiger partial charge on any atom is -0.504 e. The fourth-order valence-corrected chi connectivity index (χ4v) is 1.60. The van der Waals surface area contributed by atoms with Crippen molar-refractivity contribution in [2.45, 2.75) is 13.3 Å². The van der Waals surface area contributed by atoms with Crippen LogP contribution in [-0.2, 0) is 6.42 Å². The van der Waals surface area contributed by atoms with Crippen molar-refractivity contribution >= 4 is 6.21 Å². The van der Waals surface area contributed by atoms with Gasteiger partial charge in [-0.15, -0.1) is 0 Å². The largest absolute Gasteiger partial charge is 0.504 e. The summed E-state index contributed by atoms with van der Waals surface area (Å²) in [6, 6.07) is 1.61. The molecule has 3 nitrogen and oxygen atoms in total. The summed E-state index contributed by atoms with van der Waals surface area (Å²) in [4.78, 5) is 4.13. The number of phenolic OH excluding ortho intramolecular Hbond substituents is 2. The van der Waals surface area contributed by atoms with Crippen molar-refractivity contribution in [3.8, 4) is 11.5 Å². The molecule has 2 N–H and O–H groups in total. The van der Waals surface area contributed by atoms with E-state index < -0.39 is 0 Å². The second-order valence-electron chi connectivity index (χ2n) is 3.23. The zero-order valence-electron chi connectivity index (χ0n) is 7.41. The topological polar surface area (TPSA) is 52.8 Å². The van der Waals surface area contributed by atoms with E-state index in [-0.39, 0.29) is 11.5 Å². The molecule has 0 unspecified atom stereocenters. The van der Waals surface area contributed by atoms with E-state index in [2.05, 4.69) is 4.99 Å². The van der Waals surface area contributed by atoms with Gasteiger partial charge in [0.05, 0.1) is 0 Å². The van der Waals surface area contributed by atoms with Gasteiger partial charge in [-0.05, 0) is 25.0 Å². The summed E-state index contributed by atoms with van der Waals surface area (Å²) >= 11 is 0. The van der Waals surface area contributed by atoms with Crippen molar-refractivity contribution in [3.05, 3.63) is 22.8 Å². The van der Waals surface area contributed by atoms with Crippen LogP contribution in [0.1, 0.15) is 16.7 Å². The van der Waals surface area contributed by atoms with Gasteiger partial charge in [0.25, 0.3) is 0 Å². The fraction of sp³-hybridized carbons (Fsp3) is 0.300. The lowest BCUT2D eigenvalue weighted by Crippen LogP contribution is -2.04. The maximum absolute atomic E-state index is 9.45. The summed E-state index contributed by atoms with van der Waals surface area (Å²) in [5.41, 5.74) is 2.71. The second kappa shape index (κ2) is 2.76. The molecule has 0 aliphatic carbocycles. The molecule has 0 radical (unpaired) electrons. The highest BCUT2D eigenvalue weighted by atomic mass is 16.3. The number of fused-ring (bicyclic) bond motifs is 1. The van der Waals surface area contributed by atoms with Gasteiger partial charge in [-0.2, -0.15) is 0 Å². The Kier molecular flexibility index (Phi) is 1.72. The van der Waals surface area contributed by atoms with Crippen LogP contribution in [0.4, 0.5) is 0 Å². The van der Waals surface area contributed by atoms with Gasteiger partial charge in [-0.25, -0.2) is 0 Å². The first-order chi connectivity index (χ1) is 6.20. The normalized spacial score (nSPS) is 14.2. The van der Waals surface area contributed by atoms with E-state index in [0.717, 1.165) is 24.1 Å². The Morgan fingerprint density at radius 2 is 2.15 bits per heavy atom. The van der Waals surface area contributed by atoms with E-state index in [9.17, 15) is 10.2 Å². The lowest BCUT2D eigenvalue weighted by molar-refractivity contribution is 0.400. The molecule has 0 aromatic heterocycles. The third-order valence-corrected chi connectivity index (χ3v) is 2.39. The Bertz CT molecular complexity index is 383. The van der Waals surface area contributed by atoms with Gasteiger partial charge < -0.3 is 10.2 Å².